The highest BCUT2D eigenvalue weighted by Crippen LogP contribution is 2.35. The van der Waals surface area contributed by atoms with E-state index in [0.29, 0.717) is 19.3 Å². The molecule has 9 atom stereocenters. The summed E-state index contributed by atoms with van der Waals surface area (Å²) in [7, 11) is 0. The molecule has 8 heteroatoms. The molecule has 3 aliphatic heterocycles. The number of aliphatic hydroxyl groups is 3. The van der Waals surface area contributed by atoms with Gasteiger partial charge < -0.3 is 34.3 Å². The number of unbranched alkanes of at least 4 members (excludes halogenated alkanes) is 10. The Bertz CT molecular complexity index is 820. The fraction of sp³-hybridized carbons (Fsp3) is 0.946. The Morgan fingerprint density at radius 2 is 1.22 bits per heavy atom. The third-order valence-electron chi connectivity index (χ3n) is 10.3. The number of esters is 1. The van der Waals surface area contributed by atoms with Crippen LogP contribution in [0, 0.1) is 5.92 Å². The van der Waals surface area contributed by atoms with Crippen LogP contribution in [0.5, 0.6) is 0 Å². The molecule has 0 unspecified atom stereocenters. The molecule has 3 rings (SSSR count). The van der Waals surface area contributed by atoms with Gasteiger partial charge in [0.1, 0.15) is 11.9 Å². The van der Waals surface area contributed by atoms with E-state index in [2.05, 4.69) is 6.92 Å². The summed E-state index contributed by atoms with van der Waals surface area (Å²) in [6.45, 7) is 3.73. The van der Waals surface area contributed by atoms with Crippen LogP contribution in [0.15, 0.2) is 0 Å². The van der Waals surface area contributed by atoms with Gasteiger partial charge in [-0.05, 0) is 84.0 Å². The predicted molar refractivity (Wildman–Crippen MR) is 176 cm³/mol. The van der Waals surface area contributed by atoms with E-state index in [9.17, 15) is 24.9 Å². The Morgan fingerprint density at radius 1 is 0.711 bits per heavy atom. The standard InChI is InChI=1S/C37H66O8/c1-3-4-5-12-16-29(39)17-15-20-32(41)34-22-24-36(45-34)35-23-21-33(44-35)31(40)19-14-11-9-7-6-8-10-13-18-30-26-28(25-27(2)38)37(42)43-30/h28-36,39-41H,3-26H2,1-2H3/t28-,29-,30+,31+,32-,33+,34+,35+,36+/m0/s1. The Morgan fingerprint density at radius 3 is 1.82 bits per heavy atom. The van der Waals surface area contributed by atoms with Gasteiger partial charge in [0.15, 0.2) is 0 Å². The summed E-state index contributed by atoms with van der Waals surface area (Å²) in [6, 6.07) is 0. The lowest BCUT2D eigenvalue weighted by Crippen LogP contribution is -2.33. The van der Waals surface area contributed by atoms with Gasteiger partial charge in [0.25, 0.3) is 0 Å². The van der Waals surface area contributed by atoms with Crippen molar-refractivity contribution in [2.24, 2.45) is 5.92 Å². The monoisotopic (exact) mass is 638 g/mol. The van der Waals surface area contributed by atoms with Crippen molar-refractivity contribution in [1.29, 1.82) is 0 Å². The smallest absolute Gasteiger partial charge is 0.309 e. The minimum Gasteiger partial charge on any atom is -0.462 e. The van der Waals surface area contributed by atoms with Crippen molar-refractivity contribution in [2.75, 3.05) is 0 Å². The van der Waals surface area contributed by atoms with Crippen LogP contribution in [0.3, 0.4) is 0 Å². The lowest BCUT2D eigenvalue weighted by atomic mass is 9.96. The normalized spacial score (nSPS) is 28.8. The summed E-state index contributed by atoms with van der Waals surface area (Å²) in [5.41, 5.74) is 0. The number of carbonyl (C=O) groups excluding carboxylic acids is 2. The molecule has 0 aromatic heterocycles. The highest BCUT2D eigenvalue weighted by Gasteiger charge is 2.40. The maximum absolute atomic E-state index is 11.9. The lowest BCUT2D eigenvalue weighted by Gasteiger charge is -2.24. The maximum atomic E-state index is 11.9. The summed E-state index contributed by atoms with van der Waals surface area (Å²) >= 11 is 0. The average Bonchev–Trinajstić information content (AvgIpc) is 3.76. The molecule has 3 saturated heterocycles. The van der Waals surface area contributed by atoms with Crippen molar-refractivity contribution >= 4 is 11.8 Å². The molecule has 3 aliphatic rings. The van der Waals surface area contributed by atoms with E-state index in [4.69, 9.17) is 14.2 Å². The first kappa shape index (κ1) is 38.4. The van der Waals surface area contributed by atoms with Crippen LogP contribution in [0.2, 0.25) is 0 Å². The minimum absolute atomic E-state index is 0.00262. The molecule has 3 fully saturated rings. The largest absolute Gasteiger partial charge is 0.462 e. The number of ketones is 1. The van der Waals surface area contributed by atoms with E-state index in [-0.39, 0.29) is 54.3 Å². The van der Waals surface area contributed by atoms with Gasteiger partial charge in [-0.3, -0.25) is 4.79 Å². The molecule has 0 radical (unpaired) electrons. The van der Waals surface area contributed by atoms with Gasteiger partial charge in [-0.1, -0.05) is 77.6 Å². The zero-order valence-electron chi connectivity index (χ0n) is 28.5. The molecule has 0 bridgehead atoms. The first-order valence-electron chi connectivity index (χ1n) is 18.8. The molecular weight excluding hydrogens is 572 g/mol. The zero-order chi connectivity index (χ0) is 32.4. The molecule has 3 N–H and O–H groups in total. The van der Waals surface area contributed by atoms with Gasteiger partial charge in [-0.15, -0.1) is 0 Å². The van der Waals surface area contributed by atoms with Crippen molar-refractivity contribution < 1.29 is 39.1 Å². The molecule has 0 aromatic carbocycles. The number of hydrogen-bond acceptors (Lipinski definition) is 8. The van der Waals surface area contributed by atoms with Crippen LogP contribution < -0.4 is 0 Å². The molecule has 3 heterocycles. The van der Waals surface area contributed by atoms with Gasteiger partial charge in [0.2, 0.25) is 0 Å². The Kier molecular flexibility index (Phi) is 18.5. The fourth-order valence-electron chi connectivity index (χ4n) is 7.58. The van der Waals surface area contributed by atoms with Crippen LogP contribution >= 0.6 is 0 Å². The second-order valence-corrected chi connectivity index (χ2v) is 14.5. The first-order chi connectivity index (χ1) is 21.8. The third-order valence-corrected chi connectivity index (χ3v) is 10.3. The maximum Gasteiger partial charge on any atom is 0.309 e. The topological polar surface area (TPSA) is 123 Å². The molecule has 0 saturated carbocycles. The van der Waals surface area contributed by atoms with Crippen molar-refractivity contribution in [1.82, 2.24) is 0 Å². The molecule has 0 spiro atoms. The zero-order valence-corrected chi connectivity index (χ0v) is 28.5. The summed E-state index contributed by atoms with van der Waals surface area (Å²) < 4.78 is 17.9. The number of hydrogen-bond donors (Lipinski definition) is 3. The van der Waals surface area contributed by atoms with Crippen molar-refractivity contribution in [3.8, 4) is 0 Å². The summed E-state index contributed by atoms with van der Waals surface area (Å²) in [5.74, 6) is -0.366. The van der Waals surface area contributed by atoms with Crippen molar-refractivity contribution in [3.05, 3.63) is 0 Å². The number of aliphatic hydroxyl groups excluding tert-OH is 3. The van der Waals surface area contributed by atoms with E-state index in [0.717, 1.165) is 89.9 Å². The van der Waals surface area contributed by atoms with E-state index in [1.54, 1.807) is 0 Å². The Hall–Kier alpha value is -1.06. The minimum atomic E-state index is -0.490. The fourth-order valence-corrected chi connectivity index (χ4v) is 7.58. The third kappa shape index (κ3) is 14.7. The lowest BCUT2D eigenvalue weighted by molar-refractivity contribution is -0.145. The van der Waals surface area contributed by atoms with Crippen LogP contribution in [0.25, 0.3) is 0 Å². The van der Waals surface area contributed by atoms with Crippen LogP contribution in [-0.2, 0) is 23.8 Å². The first-order valence-corrected chi connectivity index (χ1v) is 18.8. The predicted octanol–water partition coefficient (Wildman–Crippen LogP) is 7.12. The van der Waals surface area contributed by atoms with Crippen molar-refractivity contribution in [2.45, 2.75) is 217 Å². The van der Waals surface area contributed by atoms with Gasteiger partial charge in [-0.2, -0.15) is 0 Å². The molecule has 262 valence electrons. The SMILES string of the molecule is CCCCCC[C@H](O)CCC[C@H](O)[C@H]1CC[C@H]([C@H]2CC[C@H]([C@H](O)CCCCCCCCCC[C@@H]3C[C@H](CC(C)=O)C(=O)O3)O2)O1. The van der Waals surface area contributed by atoms with E-state index in [1.807, 2.05) is 0 Å². The van der Waals surface area contributed by atoms with Crippen LogP contribution in [-0.4, -0.2) is 75.9 Å². The number of ether oxygens (including phenoxy) is 3. The molecule has 0 aliphatic carbocycles. The van der Waals surface area contributed by atoms with Crippen LogP contribution in [0.1, 0.15) is 168 Å². The molecule has 0 amide bonds. The van der Waals surface area contributed by atoms with Gasteiger partial charge in [0.05, 0.1) is 48.6 Å². The van der Waals surface area contributed by atoms with E-state index < -0.39 is 12.2 Å². The Labute approximate surface area is 273 Å². The number of Topliss-reactive ketones (excluding diaryl/α,β-unsaturated/α-hetero) is 1. The second-order valence-electron chi connectivity index (χ2n) is 14.5. The number of carbonyl (C=O) groups is 2. The van der Waals surface area contributed by atoms with Gasteiger partial charge >= 0.3 is 5.97 Å². The highest BCUT2D eigenvalue weighted by molar-refractivity contribution is 5.83. The van der Waals surface area contributed by atoms with E-state index >= 15 is 0 Å². The van der Waals surface area contributed by atoms with E-state index in [1.165, 1.54) is 51.9 Å². The molecular formula is C37H66O8. The van der Waals surface area contributed by atoms with Gasteiger partial charge in [-0.25, -0.2) is 0 Å². The summed E-state index contributed by atoms with van der Waals surface area (Å²) in [4.78, 5) is 23.1. The number of cyclic esters (lactones) is 1. The molecule has 45 heavy (non-hydrogen) atoms. The summed E-state index contributed by atoms with van der Waals surface area (Å²) in [6.07, 6.45) is 21.7. The molecule has 8 nitrogen and oxygen atoms in total. The van der Waals surface area contributed by atoms with Crippen molar-refractivity contribution in [3.63, 3.8) is 0 Å². The second kappa shape index (κ2) is 21.7. The average molecular weight is 639 g/mol. The quantitative estimate of drug-likeness (QED) is 0.0714. The van der Waals surface area contributed by atoms with Gasteiger partial charge in [0, 0.05) is 6.42 Å². The number of rotatable bonds is 25. The summed E-state index contributed by atoms with van der Waals surface area (Å²) in [5, 5.41) is 31.7. The Balaban J connectivity index is 1.14. The highest BCUT2D eigenvalue weighted by atomic mass is 16.6. The van der Waals surface area contributed by atoms with Crippen LogP contribution in [0.4, 0.5) is 0 Å². The molecule has 0 aromatic rings.